The van der Waals surface area contributed by atoms with Crippen LogP contribution in [0.25, 0.3) is 10.8 Å². The third-order valence-corrected chi connectivity index (χ3v) is 5.22. The maximum atomic E-state index is 12.6. The predicted octanol–water partition coefficient (Wildman–Crippen LogP) is 3.76. The van der Waals surface area contributed by atoms with E-state index in [2.05, 4.69) is 17.4 Å². The average Bonchev–Trinajstić information content (AvgIpc) is 3.23. The summed E-state index contributed by atoms with van der Waals surface area (Å²) in [5, 5.41) is 5.15. The van der Waals surface area contributed by atoms with Crippen LogP contribution in [0.2, 0.25) is 0 Å². The van der Waals surface area contributed by atoms with Gasteiger partial charge < -0.3 is 15.0 Å². The number of rotatable bonds is 8. The molecule has 1 fully saturated rings. The second kappa shape index (κ2) is 9.58. The summed E-state index contributed by atoms with van der Waals surface area (Å²) in [7, 11) is 0. The smallest absolute Gasteiger partial charge is 0.245 e. The fourth-order valence-corrected chi connectivity index (χ4v) is 3.63. The summed E-state index contributed by atoms with van der Waals surface area (Å²) in [6.07, 6.45) is 3.06. The first-order chi connectivity index (χ1) is 13.6. The van der Waals surface area contributed by atoms with Crippen molar-refractivity contribution >= 4 is 22.6 Å². The van der Waals surface area contributed by atoms with Gasteiger partial charge >= 0.3 is 0 Å². The van der Waals surface area contributed by atoms with Crippen LogP contribution in [0.4, 0.5) is 0 Å². The quantitative estimate of drug-likeness (QED) is 0.707. The molecule has 1 aliphatic heterocycles. The van der Waals surface area contributed by atoms with Crippen molar-refractivity contribution in [1.29, 1.82) is 0 Å². The normalized spacial score (nSPS) is 15.0. The van der Waals surface area contributed by atoms with Crippen LogP contribution in [-0.4, -0.2) is 42.5 Å². The summed E-state index contributed by atoms with van der Waals surface area (Å²) in [6, 6.07) is 13.6. The van der Waals surface area contributed by atoms with E-state index in [0.717, 1.165) is 42.5 Å². The minimum Gasteiger partial charge on any atom is -0.493 e. The standard InChI is InChI=1S/C23H30N2O3/c1-17(2)22(23(27)25-14-5-6-15-25)24-21(26)13-8-16-28-20-12-7-10-18-9-3-4-11-19(18)20/h3-4,7,9-12,17,22H,5-6,8,13-16H2,1-2H3,(H,24,26)/t22-/m0/s1. The van der Waals surface area contributed by atoms with Gasteiger partial charge in [0.05, 0.1) is 6.61 Å². The number of fused-ring (bicyclic) bond motifs is 1. The Bertz CT molecular complexity index is 807. The van der Waals surface area contributed by atoms with Crippen molar-refractivity contribution in [1.82, 2.24) is 10.2 Å². The number of likely N-dealkylation sites (tertiary alicyclic amines) is 1. The van der Waals surface area contributed by atoms with Crippen molar-refractivity contribution in [2.75, 3.05) is 19.7 Å². The zero-order valence-corrected chi connectivity index (χ0v) is 16.8. The molecule has 1 aliphatic rings. The first kappa shape index (κ1) is 20.2. The van der Waals surface area contributed by atoms with Crippen molar-refractivity contribution in [3.05, 3.63) is 42.5 Å². The highest BCUT2D eigenvalue weighted by molar-refractivity contribution is 5.88. The molecule has 2 aromatic carbocycles. The minimum atomic E-state index is -0.440. The largest absolute Gasteiger partial charge is 0.493 e. The zero-order valence-electron chi connectivity index (χ0n) is 16.8. The molecule has 28 heavy (non-hydrogen) atoms. The number of hydrogen-bond acceptors (Lipinski definition) is 3. The van der Waals surface area contributed by atoms with Gasteiger partial charge in [-0.3, -0.25) is 9.59 Å². The van der Waals surface area contributed by atoms with Gasteiger partial charge in [0, 0.05) is 24.9 Å². The molecular formula is C23H30N2O3. The Hall–Kier alpha value is -2.56. The van der Waals surface area contributed by atoms with Crippen molar-refractivity contribution < 1.29 is 14.3 Å². The van der Waals surface area contributed by atoms with Crippen LogP contribution in [0.15, 0.2) is 42.5 Å². The maximum Gasteiger partial charge on any atom is 0.245 e. The van der Waals surface area contributed by atoms with Gasteiger partial charge in [0.15, 0.2) is 0 Å². The topological polar surface area (TPSA) is 58.6 Å². The van der Waals surface area contributed by atoms with Crippen LogP contribution in [0.1, 0.15) is 39.5 Å². The lowest BCUT2D eigenvalue weighted by Gasteiger charge is -2.26. The molecular weight excluding hydrogens is 352 g/mol. The number of benzene rings is 2. The summed E-state index contributed by atoms with van der Waals surface area (Å²) < 4.78 is 5.90. The molecule has 5 heteroatoms. The highest BCUT2D eigenvalue weighted by atomic mass is 16.5. The Morgan fingerprint density at radius 2 is 1.79 bits per heavy atom. The van der Waals surface area contributed by atoms with E-state index in [-0.39, 0.29) is 17.7 Å². The van der Waals surface area contributed by atoms with Gasteiger partial charge in [-0.05, 0) is 36.6 Å². The predicted molar refractivity (Wildman–Crippen MR) is 111 cm³/mol. The molecule has 0 spiro atoms. The highest BCUT2D eigenvalue weighted by Crippen LogP contribution is 2.25. The Labute approximate surface area is 167 Å². The van der Waals surface area contributed by atoms with E-state index >= 15 is 0 Å². The van der Waals surface area contributed by atoms with Gasteiger partial charge in [0.25, 0.3) is 0 Å². The summed E-state index contributed by atoms with van der Waals surface area (Å²) in [4.78, 5) is 26.9. The van der Waals surface area contributed by atoms with Crippen molar-refractivity contribution in [3.63, 3.8) is 0 Å². The monoisotopic (exact) mass is 382 g/mol. The molecule has 1 heterocycles. The second-order valence-corrected chi connectivity index (χ2v) is 7.75. The second-order valence-electron chi connectivity index (χ2n) is 7.75. The molecule has 0 aliphatic carbocycles. The van der Waals surface area contributed by atoms with Gasteiger partial charge in [-0.2, -0.15) is 0 Å². The van der Waals surface area contributed by atoms with Crippen LogP contribution in [0.5, 0.6) is 5.75 Å². The molecule has 0 saturated carbocycles. The Morgan fingerprint density at radius 1 is 1.07 bits per heavy atom. The molecule has 150 valence electrons. The summed E-state index contributed by atoms with van der Waals surface area (Å²) in [5.41, 5.74) is 0. The van der Waals surface area contributed by atoms with Gasteiger partial charge in [0.2, 0.25) is 11.8 Å². The fraction of sp³-hybridized carbons (Fsp3) is 0.478. The molecule has 5 nitrogen and oxygen atoms in total. The Kier molecular flexibility index (Phi) is 6.90. The lowest BCUT2D eigenvalue weighted by molar-refractivity contribution is -0.136. The van der Waals surface area contributed by atoms with E-state index in [9.17, 15) is 9.59 Å². The first-order valence-electron chi connectivity index (χ1n) is 10.2. The number of carbonyl (C=O) groups is 2. The minimum absolute atomic E-state index is 0.0489. The van der Waals surface area contributed by atoms with Crippen LogP contribution in [0.3, 0.4) is 0 Å². The Morgan fingerprint density at radius 3 is 2.54 bits per heavy atom. The van der Waals surface area contributed by atoms with E-state index in [1.807, 2.05) is 49.1 Å². The number of amides is 2. The number of ether oxygens (including phenoxy) is 1. The first-order valence-corrected chi connectivity index (χ1v) is 10.2. The van der Waals surface area contributed by atoms with Gasteiger partial charge in [-0.1, -0.05) is 50.2 Å². The van der Waals surface area contributed by atoms with Crippen LogP contribution < -0.4 is 10.1 Å². The number of nitrogens with zero attached hydrogens (tertiary/aromatic N) is 1. The molecule has 0 bridgehead atoms. The molecule has 1 saturated heterocycles. The van der Waals surface area contributed by atoms with Gasteiger partial charge in [0.1, 0.15) is 11.8 Å². The van der Waals surface area contributed by atoms with Crippen molar-refractivity contribution in [2.45, 2.75) is 45.6 Å². The lowest BCUT2D eigenvalue weighted by Crippen LogP contribution is -2.50. The fourth-order valence-electron chi connectivity index (χ4n) is 3.63. The maximum absolute atomic E-state index is 12.6. The van der Waals surface area contributed by atoms with E-state index in [1.54, 1.807) is 0 Å². The van der Waals surface area contributed by atoms with Crippen LogP contribution >= 0.6 is 0 Å². The van der Waals surface area contributed by atoms with E-state index in [1.165, 1.54) is 0 Å². The number of nitrogens with one attached hydrogen (secondary N) is 1. The lowest BCUT2D eigenvalue weighted by atomic mass is 10.0. The summed E-state index contributed by atoms with van der Waals surface area (Å²) >= 11 is 0. The molecule has 0 radical (unpaired) electrons. The van der Waals surface area contributed by atoms with Crippen LogP contribution in [0, 0.1) is 5.92 Å². The molecule has 0 aromatic heterocycles. The number of hydrogen-bond donors (Lipinski definition) is 1. The average molecular weight is 383 g/mol. The molecule has 2 aromatic rings. The number of carbonyl (C=O) groups excluding carboxylic acids is 2. The third-order valence-electron chi connectivity index (χ3n) is 5.22. The Balaban J connectivity index is 1.47. The van der Waals surface area contributed by atoms with Gasteiger partial charge in [-0.15, -0.1) is 0 Å². The summed E-state index contributed by atoms with van der Waals surface area (Å²) in [6.45, 7) is 6.02. The van der Waals surface area contributed by atoms with Gasteiger partial charge in [-0.25, -0.2) is 0 Å². The highest BCUT2D eigenvalue weighted by Gasteiger charge is 2.29. The van der Waals surface area contributed by atoms with Crippen molar-refractivity contribution in [3.8, 4) is 5.75 Å². The van der Waals surface area contributed by atoms with E-state index < -0.39 is 6.04 Å². The molecule has 1 atom stereocenters. The molecule has 3 rings (SSSR count). The summed E-state index contributed by atoms with van der Waals surface area (Å²) in [5.74, 6) is 0.868. The van der Waals surface area contributed by atoms with Crippen molar-refractivity contribution in [2.24, 2.45) is 5.92 Å². The third kappa shape index (κ3) is 5.03. The van der Waals surface area contributed by atoms with E-state index in [4.69, 9.17) is 4.74 Å². The van der Waals surface area contributed by atoms with E-state index in [0.29, 0.717) is 19.4 Å². The SMILES string of the molecule is CC(C)[C@H](NC(=O)CCCOc1cccc2ccccc12)C(=O)N1CCCC1. The molecule has 1 N–H and O–H groups in total. The molecule has 0 unspecified atom stereocenters. The zero-order chi connectivity index (χ0) is 19.9. The van der Waals surface area contributed by atoms with Crippen LogP contribution in [-0.2, 0) is 9.59 Å². The molecule has 2 amide bonds.